The zero-order chi connectivity index (χ0) is 17.6. The largest absolute Gasteiger partial charge is 0.507 e. The Morgan fingerprint density at radius 1 is 1.20 bits per heavy atom. The summed E-state index contributed by atoms with van der Waals surface area (Å²) in [5, 5.41) is 13.4. The highest BCUT2D eigenvalue weighted by Crippen LogP contribution is 2.26. The molecule has 1 aromatic carbocycles. The van der Waals surface area contributed by atoms with Crippen LogP contribution in [-0.4, -0.2) is 31.2 Å². The minimum Gasteiger partial charge on any atom is -0.507 e. The number of phenols is 1. The van der Waals surface area contributed by atoms with E-state index in [9.17, 15) is 5.11 Å². The highest BCUT2D eigenvalue weighted by molar-refractivity contribution is 5.64. The number of imidazole rings is 1. The molecule has 0 spiro atoms. The second kappa shape index (κ2) is 7.79. The molecule has 0 saturated carbocycles. The number of anilines is 1. The first-order valence-corrected chi connectivity index (χ1v) is 8.55. The summed E-state index contributed by atoms with van der Waals surface area (Å²) in [4.78, 5) is 13.3. The van der Waals surface area contributed by atoms with Crippen molar-refractivity contribution in [3.63, 3.8) is 0 Å². The van der Waals surface area contributed by atoms with Gasteiger partial charge in [-0.15, -0.1) is 0 Å². The molecule has 2 aromatic heterocycles. The van der Waals surface area contributed by atoms with Gasteiger partial charge in [-0.05, 0) is 25.5 Å². The van der Waals surface area contributed by atoms with Crippen LogP contribution in [0.2, 0.25) is 0 Å². The number of aromatic hydroxyl groups is 1. The van der Waals surface area contributed by atoms with E-state index in [4.69, 9.17) is 0 Å². The van der Waals surface area contributed by atoms with Gasteiger partial charge in [0.25, 0.3) is 0 Å². The molecule has 3 rings (SSSR count). The lowest BCUT2D eigenvalue weighted by Gasteiger charge is -2.10. The molecular formula is C19H23N5O. The normalized spacial score (nSPS) is 10.8. The van der Waals surface area contributed by atoms with Gasteiger partial charge in [0, 0.05) is 43.7 Å². The molecule has 0 unspecified atom stereocenters. The number of aryl methyl sites for hydroxylation is 3. The molecule has 6 heteroatoms. The first-order valence-electron chi connectivity index (χ1n) is 8.55. The summed E-state index contributed by atoms with van der Waals surface area (Å²) >= 11 is 0. The third-order valence-electron chi connectivity index (χ3n) is 4.00. The standard InChI is InChI=1S/C19H23N5O/c1-3-18-21-10-12-24(18)11-6-9-20-17-13-14(2)22-19(23-17)15-7-4-5-8-16(15)25/h4-5,7-8,10,12-13,25H,3,6,9,11H2,1-2H3,(H,20,22,23). The molecule has 25 heavy (non-hydrogen) atoms. The minimum atomic E-state index is 0.186. The predicted molar refractivity (Wildman–Crippen MR) is 98.6 cm³/mol. The summed E-state index contributed by atoms with van der Waals surface area (Å²) < 4.78 is 2.18. The van der Waals surface area contributed by atoms with Crippen LogP contribution in [0, 0.1) is 6.92 Å². The summed E-state index contributed by atoms with van der Waals surface area (Å²) in [7, 11) is 0. The highest BCUT2D eigenvalue weighted by Gasteiger charge is 2.09. The van der Waals surface area contributed by atoms with Crippen LogP contribution in [0.3, 0.4) is 0 Å². The molecule has 2 N–H and O–H groups in total. The van der Waals surface area contributed by atoms with E-state index in [1.165, 1.54) is 0 Å². The van der Waals surface area contributed by atoms with Crippen molar-refractivity contribution in [2.24, 2.45) is 0 Å². The third kappa shape index (κ3) is 4.15. The number of hydrogen-bond acceptors (Lipinski definition) is 5. The van der Waals surface area contributed by atoms with Crippen LogP contribution in [0.4, 0.5) is 5.82 Å². The number of para-hydroxylation sites is 1. The zero-order valence-corrected chi connectivity index (χ0v) is 14.6. The smallest absolute Gasteiger partial charge is 0.165 e. The lowest BCUT2D eigenvalue weighted by molar-refractivity contribution is 0.477. The van der Waals surface area contributed by atoms with Gasteiger partial charge in [-0.25, -0.2) is 15.0 Å². The van der Waals surface area contributed by atoms with E-state index in [0.717, 1.165) is 43.3 Å². The molecule has 0 aliphatic heterocycles. The molecule has 0 saturated heterocycles. The summed E-state index contributed by atoms with van der Waals surface area (Å²) in [6, 6.07) is 9.03. The Morgan fingerprint density at radius 2 is 2.04 bits per heavy atom. The molecular weight excluding hydrogens is 314 g/mol. The lowest BCUT2D eigenvalue weighted by atomic mass is 10.2. The number of hydrogen-bond donors (Lipinski definition) is 2. The van der Waals surface area contributed by atoms with Gasteiger partial charge >= 0.3 is 0 Å². The van der Waals surface area contributed by atoms with Crippen LogP contribution in [-0.2, 0) is 13.0 Å². The molecule has 0 atom stereocenters. The Balaban J connectivity index is 1.64. The molecule has 0 fully saturated rings. The summed E-state index contributed by atoms with van der Waals surface area (Å²) in [5.74, 6) is 2.60. The van der Waals surface area contributed by atoms with Crippen LogP contribution in [0.25, 0.3) is 11.4 Å². The fourth-order valence-electron chi connectivity index (χ4n) is 2.77. The van der Waals surface area contributed by atoms with Crippen LogP contribution in [0.1, 0.15) is 24.9 Å². The molecule has 0 aliphatic rings. The molecule has 0 bridgehead atoms. The van der Waals surface area contributed by atoms with Crippen LogP contribution >= 0.6 is 0 Å². The van der Waals surface area contributed by atoms with E-state index in [-0.39, 0.29) is 5.75 Å². The van der Waals surface area contributed by atoms with Crippen molar-refractivity contribution < 1.29 is 5.11 Å². The number of aromatic nitrogens is 4. The predicted octanol–water partition coefficient (Wildman–Crippen LogP) is 3.42. The van der Waals surface area contributed by atoms with Gasteiger partial charge < -0.3 is 15.0 Å². The fourth-order valence-corrected chi connectivity index (χ4v) is 2.77. The van der Waals surface area contributed by atoms with Gasteiger partial charge in [-0.1, -0.05) is 19.1 Å². The van der Waals surface area contributed by atoms with E-state index in [2.05, 4.69) is 31.8 Å². The first-order chi connectivity index (χ1) is 12.2. The minimum absolute atomic E-state index is 0.186. The van der Waals surface area contributed by atoms with Gasteiger partial charge in [0.2, 0.25) is 0 Å². The average molecular weight is 337 g/mol. The zero-order valence-electron chi connectivity index (χ0n) is 14.6. The molecule has 130 valence electrons. The first kappa shape index (κ1) is 17.0. The van der Waals surface area contributed by atoms with E-state index in [1.54, 1.807) is 12.1 Å². The maximum absolute atomic E-state index is 10.0. The van der Waals surface area contributed by atoms with Gasteiger partial charge in [0.05, 0.1) is 5.56 Å². The van der Waals surface area contributed by atoms with E-state index in [1.807, 2.05) is 37.5 Å². The summed E-state index contributed by atoms with van der Waals surface area (Å²) in [6.45, 7) is 5.77. The van der Waals surface area contributed by atoms with E-state index >= 15 is 0 Å². The van der Waals surface area contributed by atoms with Crippen molar-refractivity contribution >= 4 is 5.82 Å². The molecule has 0 radical (unpaired) electrons. The topological polar surface area (TPSA) is 75.9 Å². The SMILES string of the molecule is CCc1nccn1CCCNc1cc(C)nc(-c2ccccc2O)n1. The van der Waals surface area contributed by atoms with Crippen LogP contribution in [0.5, 0.6) is 5.75 Å². The fraction of sp³-hybridized carbons (Fsp3) is 0.316. The van der Waals surface area contributed by atoms with Crippen LogP contribution in [0.15, 0.2) is 42.7 Å². The summed E-state index contributed by atoms with van der Waals surface area (Å²) in [6.07, 6.45) is 5.77. The van der Waals surface area contributed by atoms with Crippen LogP contribution < -0.4 is 5.32 Å². The van der Waals surface area contributed by atoms with Crippen molar-refractivity contribution in [1.82, 2.24) is 19.5 Å². The second-order valence-corrected chi connectivity index (χ2v) is 5.91. The van der Waals surface area contributed by atoms with Gasteiger partial charge in [-0.3, -0.25) is 0 Å². The van der Waals surface area contributed by atoms with E-state index in [0.29, 0.717) is 11.4 Å². The number of nitrogens with one attached hydrogen (secondary N) is 1. The molecule has 0 aliphatic carbocycles. The van der Waals surface area contributed by atoms with Crippen molar-refractivity contribution in [1.29, 1.82) is 0 Å². The number of rotatable bonds is 7. The monoisotopic (exact) mass is 337 g/mol. The van der Waals surface area contributed by atoms with Gasteiger partial charge in [0.1, 0.15) is 17.4 Å². The number of benzene rings is 1. The highest BCUT2D eigenvalue weighted by atomic mass is 16.3. The Bertz CT molecular complexity index is 843. The average Bonchev–Trinajstić information content (AvgIpc) is 3.06. The summed E-state index contributed by atoms with van der Waals surface area (Å²) in [5.41, 5.74) is 1.50. The molecule has 2 heterocycles. The lowest BCUT2D eigenvalue weighted by Crippen LogP contribution is -2.10. The van der Waals surface area contributed by atoms with E-state index < -0.39 is 0 Å². The van der Waals surface area contributed by atoms with Crippen molar-refractivity contribution in [3.8, 4) is 17.1 Å². The Kier molecular flexibility index (Phi) is 5.28. The number of nitrogens with zero attached hydrogens (tertiary/aromatic N) is 4. The molecule has 0 amide bonds. The number of phenolic OH excluding ortho intramolecular Hbond substituents is 1. The van der Waals surface area contributed by atoms with Crippen molar-refractivity contribution in [2.45, 2.75) is 33.2 Å². The van der Waals surface area contributed by atoms with Gasteiger partial charge in [-0.2, -0.15) is 0 Å². The maximum atomic E-state index is 10.0. The van der Waals surface area contributed by atoms with Gasteiger partial charge in [0.15, 0.2) is 5.82 Å². The van der Waals surface area contributed by atoms with Crippen molar-refractivity contribution in [2.75, 3.05) is 11.9 Å². The van der Waals surface area contributed by atoms with Crippen molar-refractivity contribution in [3.05, 3.63) is 54.2 Å². The Morgan fingerprint density at radius 3 is 2.84 bits per heavy atom. The third-order valence-corrected chi connectivity index (χ3v) is 4.00. The molecule has 3 aromatic rings. The second-order valence-electron chi connectivity index (χ2n) is 5.91. The quantitative estimate of drug-likeness (QED) is 0.646. The Labute approximate surface area is 147 Å². The maximum Gasteiger partial charge on any atom is 0.165 e. The molecule has 6 nitrogen and oxygen atoms in total. The Hall–Kier alpha value is -2.89.